The Bertz CT molecular complexity index is 294. The molecule has 0 saturated heterocycles. The first-order valence-corrected chi connectivity index (χ1v) is 6.57. The quantitative estimate of drug-likeness (QED) is 0.671. The molecule has 0 amide bonds. The van der Waals surface area contributed by atoms with Gasteiger partial charge in [-0.1, -0.05) is 20.8 Å². The summed E-state index contributed by atoms with van der Waals surface area (Å²) in [6.45, 7) is 9.82. The van der Waals surface area contributed by atoms with Crippen molar-refractivity contribution >= 4 is 0 Å². The average Bonchev–Trinajstić information content (AvgIpc) is 2.73. The van der Waals surface area contributed by atoms with Gasteiger partial charge in [-0.2, -0.15) is 0 Å². The van der Waals surface area contributed by atoms with Crippen LogP contribution in [0.25, 0.3) is 0 Å². The van der Waals surface area contributed by atoms with Crippen LogP contribution in [0.2, 0.25) is 0 Å². The molecule has 1 aromatic rings. The van der Waals surface area contributed by atoms with Crippen molar-refractivity contribution in [3.05, 3.63) is 23.7 Å². The van der Waals surface area contributed by atoms with Gasteiger partial charge in [-0.15, -0.1) is 0 Å². The molecule has 17 heavy (non-hydrogen) atoms. The second-order valence-electron chi connectivity index (χ2n) is 4.79. The van der Waals surface area contributed by atoms with Gasteiger partial charge in [-0.25, -0.2) is 0 Å². The molecule has 0 aliphatic rings. The van der Waals surface area contributed by atoms with Gasteiger partial charge in [0.15, 0.2) is 0 Å². The molecule has 1 aromatic heterocycles. The number of hydrogen-bond acceptors (Lipinski definition) is 3. The Kier molecular flexibility index (Phi) is 6.97. The lowest BCUT2D eigenvalue weighted by atomic mass is 10.1. The highest BCUT2D eigenvalue weighted by molar-refractivity contribution is 5.11. The Morgan fingerprint density at radius 3 is 2.94 bits per heavy atom. The van der Waals surface area contributed by atoms with E-state index in [-0.39, 0.29) is 0 Å². The number of ether oxygens (including phenoxy) is 1. The minimum atomic E-state index is 0.588. The molecule has 0 unspecified atom stereocenters. The van der Waals surface area contributed by atoms with Crippen LogP contribution in [0.4, 0.5) is 0 Å². The van der Waals surface area contributed by atoms with Crippen molar-refractivity contribution in [2.45, 2.75) is 46.8 Å². The summed E-state index contributed by atoms with van der Waals surface area (Å²) in [5, 5.41) is 3.27. The predicted octanol–water partition coefficient (Wildman–Crippen LogP) is 3.34. The maximum atomic E-state index is 5.57. The summed E-state index contributed by atoms with van der Waals surface area (Å²) in [6.07, 6.45) is 4.15. The first-order chi connectivity index (χ1) is 8.22. The van der Waals surface area contributed by atoms with Crippen LogP contribution >= 0.6 is 0 Å². The molecule has 0 spiro atoms. The number of hydrogen-bond donors (Lipinski definition) is 1. The predicted molar refractivity (Wildman–Crippen MR) is 69.8 cm³/mol. The first-order valence-electron chi connectivity index (χ1n) is 6.57. The van der Waals surface area contributed by atoms with E-state index in [9.17, 15) is 0 Å². The molecule has 3 heteroatoms. The van der Waals surface area contributed by atoms with Gasteiger partial charge in [0.1, 0.15) is 12.4 Å². The minimum absolute atomic E-state index is 0.588. The second-order valence-corrected chi connectivity index (χ2v) is 4.79. The van der Waals surface area contributed by atoms with Gasteiger partial charge in [0.05, 0.1) is 6.26 Å². The lowest BCUT2D eigenvalue weighted by molar-refractivity contribution is 0.101. The highest BCUT2D eigenvalue weighted by Gasteiger charge is 2.01. The van der Waals surface area contributed by atoms with Gasteiger partial charge in [0.25, 0.3) is 0 Å². The molecule has 0 aromatic carbocycles. The first kappa shape index (κ1) is 14.3. The average molecular weight is 239 g/mol. The zero-order valence-electron chi connectivity index (χ0n) is 11.3. The lowest BCUT2D eigenvalue weighted by Crippen LogP contribution is -2.10. The fourth-order valence-corrected chi connectivity index (χ4v) is 1.63. The minimum Gasteiger partial charge on any atom is -0.467 e. The Morgan fingerprint density at radius 2 is 2.24 bits per heavy atom. The Balaban J connectivity index is 2.12. The number of furan rings is 1. The van der Waals surface area contributed by atoms with Crippen LogP contribution in [0.5, 0.6) is 0 Å². The van der Waals surface area contributed by atoms with E-state index >= 15 is 0 Å². The largest absolute Gasteiger partial charge is 0.467 e. The summed E-state index contributed by atoms with van der Waals surface area (Å²) in [5.74, 6) is 1.68. The highest BCUT2D eigenvalue weighted by Crippen LogP contribution is 2.10. The van der Waals surface area contributed by atoms with Gasteiger partial charge in [-0.3, -0.25) is 0 Å². The van der Waals surface area contributed by atoms with E-state index < -0.39 is 0 Å². The van der Waals surface area contributed by atoms with E-state index in [0.717, 1.165) is 37.8 Å². The van der Waals surface area contributed by atoms with Crippen molar-refractivity contribution < 1.29 is 9.15 Å². The monoisotopic (exact) mass is 239 g/mol. The molecular weight excluding hydrogens is 214 g/mol. The molecule has 0 saturated carbocycles. The maximum Gasteiger partial charge on any atom is 0.129 e. The SMILES string of the molecule is CCNCc1coc(COCCCC(C)C)c1. The molecule has 0 fully saturated rings. The fraction of sp³-hybridized carbons (Fsp3) is 0.714. The molecule has 0 bridgehead atoms. The van der Waals surface area contributed by atoms with Crippen molar-refractivity contribution in [3.8, 4) is 0 Å². The van der Waals surface area contributed by atoms with Crippen LogP contribution in [-0.4, -0.2) is 13.2 Å². The molecule has 0 atom stereocenters. The summed E-state index contributed by atoms with van der Waals surface area (Å²) in [4.78, 5) is 0. The van der Waals surface area contributed by atoms with Gasteiger partial charge < -0.3 is 14.5 Å². The zero-order valence-corrected chi connectivity index (χ0v) is 11.3. The highest BCUT2D eigenvalue weighted by atomic mass is 16.5. The van der Waals surface area contributed by atoms with Crippen LogP contribution < -0.4 is 5.32 Å². The number of nitrogens with one attached hydrogen (secondary N) is 1. The molecule has 0 aliphatic carbocycles. The molecule has 0 aliphatic heterocycles. The zero-order chi connectivity index (χ0) is 12.5. The third-order valence-corrected chi connectivity index (χ3v) is 2.60. The van der Waals surface area contributed by atoms with Crippen molar-refractivity contribution in [3.63, 3.8) is 0 Å². The Labute approximate surface area is 105 Å². The fourth-order valence-electron chi connectivity index (χ4n) is 1.63. The van der Waals surface area contributed by atoms with Crippen molar-refractivity contribution in [1.82, 2.24) is 5.32 Å². The van der Waals surface area contributed by atoms with Crippen LogP contribution in [0.3, 0.4) is 0 Å². The van der Waals surface area contributed by atoms with Gasteiger partial charge in [0, 0.05) is 18.7 Å². The van der Waals surface area contributed by atoms with E-state index in [2.05, 4.69) is 32.2 Å². The maximum absolute atomic E-state index is 5.57. The van der Waals surface area contributed by atoms with E-state index in [1.54, 1.807) is 6.26 Å². The molecule has 1 heterocycles. The van der Waals surface area contributed by atoms with Crippen molar-refractivity contribution in [2.75, 3.05) is 13.2 Å². The van der Waals surface area contributed by atoms with Crippen LogP contribution in [0.15, 0.2) is 16.7 Å². The second kappa shape index (κ2) is 8.31. The smallest absolute Gasteiger partial charge is 0.129 e. The van der Waals surface area contributed by atoms with Crippen LogP contribution in [0, 0.1) is 5.92 Å². The standard InChI is InChI=1S/C14H25NO2/c1-4-15-9-13-8-14(17-10-13)11-16-7-5-6-12(2)3/h8,10,12,15H,4-7,9,11H2,1-3H3. The van der Waals surface area contributed by atoms with E-state index in [1.807, 2.05) is 0 Å². The summed E-state index contributed by atoms with van der Waals surface area (Å²) in [7, 11) is 0. The third kappa shape index (κ3) is 6.49. The summed E-state index contributed by atoms with van der Waals surface area (Å²) < 4.78 is 11.0. The molecule has 1 rings (SSSR count). The van der Waals surface area contributed by atoms with E-state index in [0.29, 0.717) is 6.61 Å². The normalized spacial score (nSPS) is 11.3. The van der Waals surface area contributed by atoms with Gasteiger partial charge in [-0.05, 0) is 31.4 Å². The summed E-state index contributed by atoms with van der Waals surface area (Å²) in [5.41, 5.74) is 1.19. The molecule has 0 radical (unpaired) electrons. The molecule has 3 nitrogen and oxygen atoms in total. The van der Waals surface area contributed by atoms with Crippen LogP contribution in [-0.2, 0) is 17.9 Å². The summed E-state index contributed by atoms with van der Waals surface area (Å²) in [6, 6.07) is 2.06. The topological polar surface area (TPSA) is 34.4 Å². The van der Waals surface area contributed by atoms with Crippen molar-refractivity contribution in [1.29, 1.82) is 0 Å². The Morgan fingerprint density at radius 1 is 1.41 bits per heavy atom. The van der Waals surface area contributed by atoms with E-state index in [1.165, 1.54) is 12.0 Å². The third-order valence-electron chi connectivity index (χ3n) is 2.60. The molecular formula is C14H25NO2. The Hall–Kier alpha value is -0.800. The summed E-state index contributed by atoms with van der Waals surface area (Å²) >= 11 is 0. The number of rotatable bonds is 9. The van der Waals surface area contributed by atoms with E-state index in [4.69, 9.17) is 9.15 Å². The van der Waals surface area contributed by atoms with Gasteiger partial charge >= 0.3 is 0 Å². The van der Waals surface area contributed by atoms with Crippen molar-refractivity contribution in [2.24, 2.45) is 5.92 Å². The lowest BCUT2D eigenvalue weighted by Gasteiger charge is -2.04. The van der Waals surface area contributed by atoms with Gasteiger partial charge in [0.2, 0.25) is 0 Å². The van der Waals surface area contributed by atoms with Crippen LogP contribution in [0.1, 0.15) is 44.9 Å². The molecule has 98 valence electrons. The molecule has 1 N–H and O–H groups in total.